The van der Waals surface area contributed by atoms with E-state index in [1.165, 1.54) is 0 Å². The Balaban J connectivity index is 2.28. The maximum absolute atomic E-state index is 12.4. The largest absolute Gasteiger partial charge is 0.492 e. The van der Waals surface area contributed by atoms with E-state index in [1.807, 2.05) is 44.2 Å². The van der Waals surface area contributed by atoms with Crippen molar-refractivity contribution in [2.24, 2.45) is 0 Å². The average Bonchev–Trinajstić information content (AvgIpc) is 2.41. The maximum Gasteiger partial charge on any atom is 0.258 e. The quantitative estimate of drug-likeness (QED) is 0.838. The lowest BCUT2D eigenvalue weighted by molar-refractivity contribution is 0.102. The lowest BCUT2D eigenvalue weighted by Crippen LogP contribution is -2.16. The maximum atomic E-state index is 12.4. The first kappa shape index (κ1) is 13.9. The highest BCUT2D eigenvalue weighted by molar-refractivity contribution is 6.09. The topological polar surface area (TPSA) is 64.3 Å². The Morgan fingerprint density at radius 1 is 1.20 bits per heavy atom. The average molecular weight is 270 g/mol. The van der Waals surface area contributed by atoms with Crippen LogP contribution in [0.25, 0.3) is 0 Å². The van der Waals surface area contributed by atoms with Crippen molar-refractivity contribution in [1.29, 1.82) is 0 Å². The van der Waals surface area contributed by atoms with Gasteiger partial charge in [0.15, 0.2) is 0 Å². The highest BCUT2D eigenvalue weighted by Crippen LogP contribution is 2.25. The van der Waals surface area contributed by atoms with Gasteiger partial charge in [0.25, 0.3) is 5.91 Å². The molecule has 0 bridgehead atoms. The monoisotopic (exact) mass is 270 g/mol. The second-order valence-corrected chi connectivity index (χ2v) is 4.42. The van der Waals surface area contributed by atoms with Crippen LogP contribution in [0.15, 0.2) is 42.5 Å². The van der Waals surface area contributed by atoms with Crippen molar-refractivity contribution in [1.82, 2.24) is 0 Å². The van der Waals surface area contributed by atoms with E-state index >= 15 is 0 Å². The molecule has 0 aliphatic rings. The molecule has 2 aromatic rings. The fraction of sp³-hybridized carbons (Fsp3) is 0.188. The summed E-state index contributed by atoms with van der Waals surface area (Å²) in [5.41, 5.74) is 8.33. The van der Waals surface area contributed by atoms with Crippen LogP contribution < -0.4 is 15.8 Å². The van der Waals surface area contributed by atoms with Crippen LogP contribution in [-0.2, 0) is 0 Å². The van der Waals surface area contributed by atoms with E-state index in [-0.39, 0.29) is 5.91 Å². The molecule has 4 nitrogen and oxygen atoms in total. The Morgan fingerprint density at radius 2 is 1.95 bits per heavy atom. The summed E-state index contributed by atoms with van der Waals surface area (Å²) in [6, 6.07) is 12.7. The molecule has 0 radical (unpaired) electrons. The van der Waals surface area contributed by atoms with Gasteiger partial charge in [0.1, 0.15) is 5.75 Å². The number of carbonyl (C=O) groups excluding carboxylic acids is 1. The summed E-state index contributed by atoms with van der Waals surface area (Å²) in [5.74, 6) is 0.420. The third-order valence-electron chi connectivity index (χ3n) is 2.97. The Labute approximate surface area is 118 Å². The summed E-state index contributed by atoms with van der Waals surface area (Å²) < 4.78 is 5.49. The first-order valence-corrected chi connectivity index (χ1v) is 6.51. The van der Waals surface area contributed by atoms with Gasteiger partial charge in [0.05, 0.1) is 17.9 Å². The van der Waals surface area contributed by atoms with E-state index in [4.69, 9.17) is 10.5 Å². The lowest BCUT2D eigenvalue weighted by atomic mass is 10.1. The minimum atomic E-state index is -0.229. The van der Waals surface area contributed by atoms with E-state index in [1.54, 1.807) is 12.1 Å². The Bertz CT molecular complexity index is 603. The van der Waals surface area contributed by atoms with Crippen molar-refractivity contribution in [3.05, 3.63) is 53.6 Å². The molecule has 0 fully saturated rings. The van der Waals surface area contributed by atoms with Gasteiger partial charge in [0, 0.05) is 5.69 Å². The number of hydrogen-bond donors (Lipinski definition) is 2. The van der Waals surface area contributed by atoms with Gasteiger partial charge in [-0.15, -0.1) is 0 Å². The summed E-state index contributed by atoms with van der Waals surface area (Å²) in [6.45, 7) is 4.30. The number of nitrogens with two attached hydrogens (primary N) is 1. The Kier molecular flexibility index (Phi) is 4.25. The number of rotatable bonds is 4. The smallest absolute Gasteiger partial charge is 0.258 e. The van der Waals surface area contributed by atoms with Gasteiger partial charge in [-0.2, -0.15) is 0 Å². The Hall–Kier alpha value is -2.49. The van der Waals surface area contributed by atoms with Crippen LogP contribution in [0.5, 0.6) is 5.75 Å². The van der Waals surface area contributed by atoms with Crippen LogP contribution in [0.1, 0.15) is 22.8 Å². The number of anilines is 2. The fourth-order valence-corrected chi connectivity index (χ4v) is 2.04. The summed E-state index contributed by atoms with van der Waals surface area (Å²) in [5, 5.41) is 2.85. The van der Waals surface area contributed by atoms with Crippen molar-refractivity contribution in [3.8, 4) is 5.75 Å². The van der Waals surface area contributed by atoms with Crippen LogP contribution >= 0.6 is 0 Å². The van der Waals surface area contributed by atoms with E-state index in [0.717, 1.165) is 5.56 Å². The molecule has 0 saturated heterocycles. The van der Waals surface area contributed by atoms with Gasteiger partial charge in [-0.25, -0.2) is 0 Å². The zero-order valence-electron chi connectivity index (χ0n) is 11.6. The Morgan fingerprint density at radius 3 is 2.65 bits per heavy atom. The summed E-state index contributed by atoms with van der Waals surface area (Å²) in [6.07, 6.45) is 0. The third kappa shape index (κ3) is 2.91. The number of ether oxygens (including phenoxy) is 1. The molecule has 104 valence electrons. The normalized spacial score (nSPS) is 10.1. The van der Waals surface area contributed by atoms with Crippen molar-refractivity contribution >= 4 is 17.3 Å². The molecule has 4 heteroatoms. The van der Waals surface area contributed by atoms with Crippen molar-refractivity contribution < 1.29 is 9.53 Å². The first-order chi connectivity index (χ1) is 9.63. The molecule has 0 aromatic heterocycles. The van der Waals surface area contributed by atoms with Crippen LogP contribution in [0, 0.1) is 6.92 Å². The molecule has 20 heavy (non-hydrogen) atoms. The van der Waals surface area contributed by atoms with Crippen LogP contribution in [-0.4, -0.2) is 12.5 Å². The molecule has 0 aliphatic carbocycles. The molecule has 0 heterocycles. The SMILES string of the molecule is CCOc1ccccc1NC(=O)c1c(C)cccc1N. The minimum Gasteiger partial charge on any atom is -0.492 e. The van der Waals surface area contributed by atoms with Gasteiger partial charge < -0.3 is 15.8 Å². The fourth-order valence-electron chi connectivity index (χ4n) is 2.04. The van der Waals surface area contributed by atoms with E-state index < -0.39 is 0 Å². The number of benzene rings is 2. The summed E-state index contributed by atoms with van der Waals surface area (Å²) in [7, 11) is 0. The van der Waals surface area contributed by atoms with Crippen molar-refractivity contribution in [2.75, 3.05) is 17.7 Å². The molecule has 1 amide bonds. The summed E-state index contributed by atoms with van der Waals surface area (Å²) in [4.78, 5) is 12.4. The number of nitrogen functional groups attached to an aromatic ring is 1. The number of para-hydroxylation sites is 2. The van der Waals surface area contributed by atoms with Crippen LogP contribution in [0.3, 0.4) is 0 Å². The predicted molar refractivity (Wildman–Crippen MR) is 81.2 cm³/mol. The highest BCUT2D eigenvalue weighted by atomic mass is 16.5. The predicted octanol–water partition coefficient (Wildman–Crippen LogP) is 3.23. The lowest BCUT2D eigenvalue weighted by Gasteiger charge is -2.13. The molecule has 2 aromatic carbocycles. The second-order valence-electron chi connectivity index (χ2n) is 4.42. The molecular formula is C16H18N2O2. The zero-order valence-corrected chi connectivity index (χ0v) is 11.6. The van der Waals surface area contributed by atoms with Gasteiger partial charge in [-0.3, -0.25) is 4.79 Å². The molecule has 0 unspecified atom stereocenters. The second kappa shape index (κ2) is 6.10. The minimum absolute atomic E-state index is 0.229. The van der Waals surface area contributed by atoms with E-state index in [0.29, 0.717) is 29.3 Å². The van der Waals surface area contributed by atoms with Crippen LogP contribution in [0.2, 0.25) is 0 Å². The number of aryl methyl sites for hydroxylation is 1. The standard InChI is InChI=1S/C16H18N2O2/c1-3-20-14-10-5-4-9-13(14)18-16(19)15-11(2)7-6-8-12(15)17/h4-10H,3,17H2,1-2H3,(H,18,19). The van der Waals surface area contributed by atoms with E-state index in [9.17, 15) is 4.79 Å². The molecule has 2 rings (SSSR count). The van der Waals surface area contributed by atoms with Gasteiger partial charge in [0.2, 0.25) is 0 Å². The molecular weight excluding hydrogens is 252 g/mol. The molecule has 0 spiro atoms. The first-order valence-electron chi connectivity index (χ1n) is 6.51. The summed E-state index contributed by atoms with van der Waals surface area (Å²) >= 11 is 0. The number of nitrogens with one attached hydrogen (secondary N) is 1. The van der Waals surface area contributed by atoms with Crippen molar-refractivity contribution in [2.45, 2.75) is 13.8 Å². The van der Waals surface area contributed by atoms with Gasteiger partial charge >= 0.3 is 0 Å². The van der Waals surface area contributed by atoms with Gasteiger partial charge in [-0.05, 0) is 37.6 Å². The molecule has 0 atom stereocenters. The zero-order chi connectivity index (χ0) is 14.5. The third-order valence-corrected chi connectivity index (χ3v) is 2.97. The molecule has 0 aliphatic heterocycles. The number of amides is 1. The highest BCUT2D eigenvalue weighted by Gasteiger charge is 2.14. The number of carbonyl (C=O) groups is 1. The van der Waals surface area contributed by atoms with Crippen LogP contribution in [0.4, 0.5) is 11.4 Å². The van der Waals surface area contributed by atoms with Gasteiger partial charge in [-0.1, -0.05) is 24.3 Å². The van der Waals surface area contributed by atoms with E-state index in [2.05, 4.69) is 5.32 Å². The number of hydrogen-bond acceptors (Lipinski definition) is 3. The van der Waals surface area contributed by atoms with Crippen molar-refractivity contribution in [3.63, 3.8) is 0 Å². The molecule has 3 N–H and O–H groups in total. The molecule has 0 saturated carbocycles.